The molecule has 0 spiro atoms. The van der Waals surface area contributed by atoms with Gasteiger partial charge in [-0.05, 0) is 42.7 Å². The molecule has 1 saturated carbocycles. The van der Waals surface area contributed by atoms with Crippen molar-refractivity contribution in [2.24, 2.45) is 11.0 Å². The summed E-state index contributed by atoms with van der Waals surface area (Å²) >= 11 is 5.97. The van der Waals surface area contributed by atoms with Gasteiger partial charge < -0.3 is 14.5 Å². The summed E-state index contributed by atoms with van der Waals surface area (Å²) in [5.41, 5.74) is 1.54. The molecule has 1 fully saturated rings. The Hall–Kier alpha value is -3.13. The SMILES string of the molecule is O=C(CNC(=O)C1CCCCC1)OCC(=O)N1N=C(c2ccc(Cl)cc2)C[C@@H]1c1ccco1. The van der Waals surface area contributed by atoms with E-state index in [2.05, 4.69) is 10.4 Å². The Bertz CT molecular complexity index is 1010. The van der Waals surface area contributed by atoms with Crippen LogP contribution >= 0.6 is 11.6 Å². The van der Waals surface area contributed by atoms with Crippen LogP contribution in [0.15, 0.2) is 52.2 Å². The Kier molecular flexibility index (Phi) is 7.44. The Morgan fingerprint density at radius 1 is 1.12 bits per heavy atom. The van der Waals surface area contributed by atoms with Gasteiger partial charge in [-0.15, -0.1) is 0 Å². The number of nitrogens with one attached hydrogen (secondary N) is 1. The molecular formula is C24H26ClN3O5. The lowest BCUT2D eigenvalue weighted by Gasteiger charge is -2.21. The normalized spacial score (nSPS) is 18.6. The van der Waals surface area contributed by atoms with Crippen molar-refractivity contribution < 1.29 is 23.5 Å². The van der Waals surface area contributed by atoms with Crippen LogP contribution in [0.1, 0.15) is 55.9 Å². The van der Waals surface area contributed by atoms with Crippen LogP contribution in [0.5, 0.6) is 0 Å². The van der Waals surface area contributed by atoms with E-state index in [1.165, 1.54) is 11.3 Å². The third kappa shape index (κ3) is 5.82. The molecule has 4 rings (SSSR count). The number of hydrazone groups is 1. The number of amides is 2. The highest BCUT2D eigenvalue weighted by molar-refractivity contribution is 6.30. The van der Waals surface area contributed by atoms with Gasteiger partial charge in [-0.1, -0.05) is 43.0 Å². The molecule has 2 aromatic rings. The monoisotopic (exact) mass is 471 g/mol. The van der Waals surface area contributed by atoms with Gasteiger partial charge in [-0.2, -0.15) is 5.10 Å². The van der Waals surface area contributed by atoms with E-state index >= 15 is 0 Å². The first kappa shape index (κ1) is 23.0. The van der Waals surface area contributed by atoms with Crippen LogP contribution in [0.4, 0.5) is 0 Å². The van der Waals surface area contributed by atoms with E-state index in [1.54, 1.807) is 24.3 Å². The zero-order valence-corrected chi connectivity index (χ0v) is 18.9. The van der Waals surface area contributed by atoms with Gasteiger partial charge in [-0.25, -0.2) is 5.01 Å². The summed E-state index contributed by atoms with van der Waals surface area (Å²) < 4.78 is 10.6. The van der Waals surface area contributed by atoms with E-state index in [0.717, 1.165) is 37.7 Å². The summed E-state index contributed by atoms with van der Waals surface area (Å²) in [4.78, 5) is 37.2. The van der Waals surface area contributed by atoms with Gasteiger partial charge in [0.25, 0.3) is 5.91 Å². The predicted molar refractivity (Wildman–Crippen MR) is 121 cm³/mol. The lowest BCUT2D eigenvalue weighted by molar-refractivity contribution is -0.152. The van der Waals surface area contributed by atoms with Gasteiger partial charge in [-0.3, -0.25) is 14.4 Å². The molecule has 1 N–H and O–H groups in total. The standard InChI is InChI=1S/C24H26ClN3O5/c25-18-10-8-16(9-11-18)19-13-20(21-7-4-12-32-21)28(27-19)22(29)15-33-23(30)14-26-24(31)17-5-2-1-3-6-17/h4,7-12,17,20H,1-3,5-6,13-15H2,(H,26,31)/t20-/m1/s1. The second-order valence-electron chi connectivity index (χ2n) is 8.24. The van der Waals surface area contributed by atoms with Crippen LogP contribution in [-0.2, 0) is 19.1 Å². The lowest BCUT2D eigenvalue weighted by atomic mass is 9.89. The van der Waals surface area contributed by atoms with E-state index in [4.69, 9.17) is 20.8 Å². The molecule has 0 radical (unpaired) electrons. The van der Waals surface area contributed by atoms with Gasteiger partial charge in [0, 0.05) is 17.4 Å². The highest BCUT2D eigenvalue weighted by atomic mass is 35.5. The topological polar surface area (TPSA) is 101 Å². The summed E-state index contributed by atoms with van der Waals surface area (Å²) in [5.74, 6) is -0.738. The number of furan rings is 1. The maximum absolute atomic E-state index is 12.9. The Morgan fingerprint density at radius 2 is 1.88 bits per heavy atom. The summed E-state index contributed by atoms with van der Waals surface area (Å²) in [7, 11) is 0. The van der Waals surface area contributed by atoms with Gasteiger partial charge in [0.05, 0.1) is 12.0 Å². The third-order valence-corrected chi connectivity index (χ3v) is 6.21. The highest BCUT2D eigenvalue weighted by Gasteiger charge is 2.35. The van der Waals surface area contributed by atoms with Crippen molar-refractivity contribution in [1.29, 1.82) is 0 Å². The van der Waals surface area contributed by atoms with Gasteiger partial charge in [0.2, 0.25) is 5.91 Å². The summed E-state index contributed by atoms with van der Waals surface area (Å²) in [5, 5.41) is 8.99. The molecular weight excluding hydrogens is 446 g/mol. The van der Waals surface area contributed by atoms with E-state index < -0.39 is 24.5 Å². The van der Waals surface area contributed by atoms with Crippen LogP contribution in [0.3, 0.4) is 0 Å². The van der Waals surface area contributed by atoms with Gasteiger partial charge >= 0.3 is 5.97 Å². The second-order valence-corrected chi connectivity index (χ2v) is 8.68. The maximum Gasteiger partial charge on any atom is 0.325 e. The average Bonchev–Trinajstić information content (AvgIpc) is 3.52. The molecule has 0 bridgehead atoms. The molecule has 174 valence electrons. The zero-order valence-electron chi connectivity index (χ0n) is 18.2. The number of carbonyl (C=O) groups is 3. The first-order valence-electron chi connectivity index (χ1n) is 11.1. The minimum atomic E-state index is -0.664. The second kappa shape index (κ2) is 10.7. The van der Waals surface area contributed by atoms with Gasteiger partial charge in [0.15, 0.2) is 6.61 Å². The lowest BCUT2D eigenvalue weighted by Crippen LogP contribution is -2.37. The Morgan fingerprint density at radius 3 is 2.58 bits per heavy atom. The molecule has 33 heavy (non-hydrogen) atoms. The largest absolute Gasteiger partial charge is 0.467 e. The minimum Gasteiger partial charge on any atom is -0.467 e. The van der Waals surface area contributed by atoms with Crippen molar-refractivity contribution in [2.75, 3.05) is 13.2 Å². The molecule has 1 aliphatic heterocycles. The summed E-state index contributed by atoms with van der Waals surface area (Å²) in [6, 6.07) is 10.3. The molecule has 1 aliphatic carbocycles. The van der Waals surface area contributed by atoms with Crippen molar-refractivity contribution >= 4 is 35.1 Å². The molecule has 0 unspecified atom stereocenters. The molecule has 0 saturated heterocycles. The van der Waals surface area contributed by atoms with Crippen LogP contribution in [0.2, 0.25) is 5.02 Å². The average molecular weight is 472 g/mol. The van der Waals surface area contributed by atoms with Crippen molar-refractivity contribution in [1.82, 2.24) is 10.3 Å². The maximum atomic E-state index is 12.9. The summed E-state index contributed by atoms with van der Waals surface area (Å²) in [6.07, 6.45) is 6.88. The number of esters is 1. The van der Waals surface area contributed by atoms with Crippen molar-refractivity contribution in [2.45, 2.75) is 44.6 Å². The number of nitrogens with zero attached hydrogens (tertiary/aromatic N) is 2. The van der Waals surface area contributed by atoms with Crippen molar-refractivity contribution in [3.8, 4) is 0 Å². The van der Waals surface area contributed by atoms with Gasteiger partial charge in [0.1, 0.15) is 18.3 Å². The third-order valence-electron chi connectivity index (χ3n) is 5.95. The Balaban J connectivity index is 1.34. The van der Waals surface area contributed by atoms with Crippen LogP contribution < -0.4 is 5.32 Å². The number of ether oxygens (including phenoxy) is 1. The molecule has 1 aromatic heterocycles. The molecule has 1 atom stereocenters. The molecule has 2 aliphatic rings. The quantitative estimate of drug-likeness (QED) is 0.618. The zero-order chi connectivity index (χ0) is 23.2. The first-order valence-corrected chi connectivity index (χ1v) is 11.5. The fourth-order valence-corrected chi connectivity index (χ4v) is 4.31. The smallest absolute Gasteiger partial charge is 0.325 e. The highest BCUT2D eigenvalue weighted by Crippen LogP contribution is 2.33. The summed E-state index contributed by atoms with van der Waals surface area (Å²) in [6.45, 7) is -0.740. The van der Waals surface area contributed by atoms with E-state index in [9.17, 15) is 14.4 Å². The minimum absolute atomic E-state index is 0.0486. The van der Waals surface area contributed by atoms with E-state index in [-0.39, 0.29) is 18.4 Å². The Labute approximate surface area is 196 Å². The number of rotatable bonds is 7. The fraction of sp³-hybridized carbons (Fsp3) is 0.417. The molecule has 9 heteroatoms. The molecule has 2 heterocycles. The molecule has 2 amide bonds. The van der Waals surface area contributed by atoms with E-state index in [0.29, 0.717) is 22.9 Å². The predicted octanol–water partition coefficient (Wildman–Crippen LogP) is 3.85. The van der Waals surface area contributed by atoms with Crippen molar-refractivity contribution in [3.05, 3.63) is 59.0 Å². The van der Waals surface area contributed by atoms with Crippen LogP contribution in [-0.4, -0.2) is 41.7 Å². The fourth-order valence-electron chi connectivity index (χ4n) is 4.19. The molecule has 1 aromatic carbocycles. The first-order chi connectivity index (χ1) is 16.0. The number of hydrogen-bond acceptors (Lipinski definition) is 6. The number of hydrogen-bond donors (Lipinski definition) is 1. The number of halogens is 1. The van der Waals surface area contributed by atoms with Crippen molar-refractivity contribution in [3.63, 3.8) is 0 Å². The number of benzene rings is 1. The van der Waals surface area contributed by atoms with E-state index in [1.807, 2.05) is 12.1 Å². The van der Waals surface area contributed by atoms with Crippen LogP contribution in [0, 0.1) is 5.92 Å². The van der Waals surface area contributed by atoms with Crippen LogP contribution in [0.25, 0.3) is 0 Å². The molecule has 8 nitrogen and oxygen atoms in total. The number of carbonyl (C=O) groups excluding carboxylic acids is 3.